The average Bonchev–Trinajstić information content (AvgIpc) is 2.72. The van der Waals surface area contributed by atoms with Gasteiger partial charge in [-0.2, -0.15) is 0 Å². The summed E-state index contributed by atoms with van der Waals surface area (Å²) < 4.78 is 1.89. The third-order valence-electron chi connectivity index (χ3n) is 3.08. The van der Waals surface area contributed by atoms with Gasteiger partial charge in [-0.05, 0) is 17.9 Å². The Labute approximate surface area is 114 Å². The molecule has 0 aliphatic carbocycles. The van der Waals surface area contributed by atoms with E-state index >= 15 is 0 Å². The highest BCUT2D eigenvalue weighted by Gasteiger charge is 2.09. The topological polar surface area (TPSA) is 43.8 Å². The van der Waals surface area contributed by atoms with Crippen molar-refractivity contribution in [3.63, 3.8) is 0 Å². The van der Waals surface area contributed by atoms with Gasteiger partial charge in [0.1, 0.15) is 11.5 Å². The van der Waals surface area contributed by atoms with Crippen molar-refractivity contribution in [2.24, 2.45) is 5.92 Å². The Balaban J connectivity index is 2.24. The fourth-order valence-electron chi connectivity index (χ4n) is 2.17. The Kier molecular flexibility index (Phi) is 4.05. The number of nitrogens with two attached hydrogens (primary N) is 1. The number of hydrogen-bond donors (Lipinski definition) is 1. The molecule has 0 saturated heterocycles. The van der Waals surface area contributed by atoms with Crippen molar-refractivity contribution in [2.75, 3.05) is 5.73 Å². The number of anilines is 1. The van der Waals surface area contributed by atoms with Crippen molar-refractivity contribution in [3.8, 4) is 11.3 Å². The van der Waals surface area contributed by atoms with Gasteiger partial charge < -0.3 is 10.3 Å². The monoisotopic (exact) mass is 255 g/mol. The Hall–Kier alpha value is -2.03. The lowest BCUT2D eigenvalue weighted by molar-refractivity contribution is 0.647. The van der Waals surface area contributed by atoms with E-state index in [9.17, 15) is 0 Å². The van der Waals surface area contributed by atoms with Gasteiger partial charge in [0.25, 0.3) is 0 Å². The first-order valence-electron chi connectivity index (χ1n) is 6.62. The summed E-state index contributed by atoms with van der Waals surface area (Å²) in [6.45, 7) is 8.85. The Bertz CT molecular complexity index is 550. The molecule has 3 nitrogen and oxygen atoms in total. The molecule has 1 aromatic carbocycles. The van der Waals surface area contributed by atoms with Crippen molar-refractivity contribution < 1.29 is 0 Å². The maximum Gasteiger partial charge on any atom is 0.131 e. The van der Waals surface area contributed by atoms with Crippen molar-refractivity contribution in [3.05, 3.63) is 48.8 Å². The third-order valence-corrected chi connectivity index (χ3v) is 3.08. The van der Waals surface area contributed by atoms with Crippen LogP contribution in [0.3, 0.4) is 0 Å². The van der Waals surface area contributed by atoms with Gasteiger partial charge >= 0.3 is 0 Å². The molecule has 0 spiro atoms. The fraction of sp³-hybridized carbons (Fsp3) is 0.312. The van der Waals surface area contributed by atoms with Crippen LogP contribution in [-0.4, -0.2) is 9.55 Å². The molecule has 1 heterocycles. The fourth-order valence-corrected chi connectivity index (χ4v) is 2.17. The van der Waals surface area contributed by atoms with E-state index in [1.54, 1.807) is 6.33 Å². The van der Waals surface area contributed by atoms with Crippen LogP contribution >= 0.6 is 0 Å². The molecular formula is C16H21N3. The molecule has 0 aliphatic rings. The van der Waals surface area contributed by atoms with Gasteiger partial charge in [0.05, 0.1) is 6.33 Å². The molecule has 3 heteroatoms. The van der Waals surface area contributed by atoms with Crippen molar-refractivity contribution in [2.45, 2.75) is 26.8 Å². The number of benzene rings is 1. The lowest BCUT2D eigenvalue weighted by Gasteiger charge is -2.06. The standard InChI is InChI=1S/C16H21N3/c1-4-9-19-11-18-15(16(19)17)14-7-5-13(6-8-14)10-12(2)3/h4-8,11-12H,1,9-10,17H2,2-3H3. The van der Waals surface area contributed by atoms with Crippen molar-refractivity contribution >= 4 is 5.82 Å². The average molecular weight is 255 g/mol. The van der Waals surface area contributed by atoms with E-state index < -0.39 is 0 Å². The summed E-state index contributed by atoms with van der Waals surface area (Å²) in [4.78, 5) is 4.39. The summed E-state index contributed by atoms with van der Waals surface area (Å²) in [6.07, 6.45) is 4.67. The first kappa shape index (κ1) is 13.4. The predicted octanol–water partition coefficient (Wildman–Crippen LogP) is 3.52. The number of rotatable bonds is 5. The summed E-state index contributed by atoms with van der Waals surface area (Å²) >= 11 is 0. The molecule has 19 heavy (non-hydrogen) atoms. The Morgan fingerprint density at radius 3 is 2.58 bits per heavy atom. The van der Waals surface area contributed by atoms with E-state index in [1.807, 2.05) is 10.6 Å². The minimum atomic E-state index is 0.669. The number of hydrogen-bond acceptors (Lipinski definition) is 2. The van der Waals surface area contributed by atoms with Crippen molar-refractivity contribution in [1.29, 1.82) is 0 Å². The van der Waals surface area contributed by atoms with Crippen LogP contribution < -0.4 is 5.73 Å². The van der Waals surface area contributed by atoms with E-state index in [0.717, 1.165) is 17.7 Å². The van der Waals surface area contributed by atoms with Crippen LogP contribution in [0.1, 0.15) is 19.4 Å². The molecule has 0 saturated carbocycles. The smallest absolute Gasteiger partial charge is 0.131 e. The number of nitrogens with zero attached hydrogens (tertiary/aromatic N) is 2. The number of imidazole rings is 1. The summed E-state index contributed by atoms with van der Waals surface area (Å²) in [5, 5.41) is 0. The highest BCUT2D eigenvalue weighted by molar-refractivity contribution is 5.70. The van der Waals surface area contributed by atoms with Gasteiger partial charge in [0.15, 0.2) is 0 Å². The van der Waals surface area contributed by atoms with Crippen LogP contribution in [0.2, 0.25) is 0 Å². The largest absolute Gasteiger partial charge is 0.383 e. The first-order valence-corrected chi connectivity index (χ1v) is 6.62. The van der Waals surface area contributed by atoms with Crippen LogP contribution in [-0.2, 0) is 13.0 Å². The molecule has 0 unspecified atom stereocenters. The first-order chi connectivity index (χ1) is 9.11. The third kappa shape index (κ3) is 3.05. The molecule has 2 N–H and O–H groups in total. The molecule has 2 rings (SSSR count). The zero-order valence-electron chi connectivity index (χ0n) is 11.6. The molecule has 0 amide bonds. The van der Waals surface area contributed by atoms with Gasteiger partial charge in [0.2, 0.25) is 0 Å². The summed E-state index contributed by atoms with van der Waals surface area (Å²) in [6, 6.07) is 8.49. The van der Waals surface area contributed by atoms with Crippen LogP contribution in [0, 0.1) is 5.92 Å². The second-order valence-electron chi connectivity index (χ2n) is 5.21. The van der Waals surface area contributed by atoms with Gasteiger partial charge in [-0.15, -0.1) is 6.58 Å². The van der Waals surface area contributed by atoms with E-state index in [4.69, 9.17) is 5.73 Å². The zero-order chi connectivity index (χ0) is 13.8. The lowest BCUT2D eigenvalue weighted by Crippen LogP contribution is -2.00. The molecule has 0 atom stereocenters. The lowest BCUT2D eigenvalue weighted by atomic mass is 10.0. The summed E-state index contributed by atoms with van der Waals surface area (Å²) in [5.41, 5.74) is 9.35. The highest BCUT2D eigenvalue weighted by atomic mass is 15.1. The van der Waals surface area contributed by atoms with Gasteiger partial charge in [-0.25, -0.2) is 4.98 Å². The minimum Gasteiger partial charge on any atom is -0.383 e. The molecule has 1 aromatic heterocycles. The van der Waals surface area contributed by atoms with Gasteiger partial charge in [-0.3, -0.25) is 0 Å². The number of nitrogen functional groups attached to an aromatic ring is 1. The molecule has 0 radical (unpaired) electrons. The molecule has 0 bridgehead atoms. The predicted molar refractivity (Wildman–Crippen MR) is 80.8 cm³/mol. The van der Waals surface area contributed by atoms with Crippen molar-refractivity contribution in [1.82, 2.24) is 9.55 Å². The number of aromatic nitrogens is 2. The minimum absolute atomic E-state index is 0.669. The SMILES string of the molecule is C=CCn1cnc(-c2ccc(CC(C)C)cc2)c1N. The summed E-state index contributed by atoms with van der Waals surface area (Å²) in [7, 11) is 0. The normalized spacial score (nSPS) is 10.9. The molecular weight excluding hydrogens is 234 g/mol. The quantitative estimate of drug-likeness (QED) is 0.831. The van der Waals surface area contributed by atoms with Crippen LogP contribution in [0.4, 0.5) is 5.82 Å². The van der Waals surface area contributed by atoms with Crippen LogP contribution in [0.25, 0.3) is 11.3 Å². The Morgan fingerprint density at radius 2 is 2.00 bits per heavy atom. The summed E-state index contributed by atoms with van der Waals surface area (Å²) in [5.74, 6) is 1.36. The maximum absolute atomic E-state index is 6.09. The van der Waals surface area contributed by atoms with E-state index in [1.165, 1.54) is 5.56 Å². The van der Waals surface area contributed by atoms with E-state index in [0.29, 0.717) is 18.3 Å². The molecule has 2 aromatic rings. The molecule has 0 fully saturated rings. The number of allylic oxidation sites excluding steroid dienone is 1. The van der Waals surface area contributed by atoms with Gasteiger partial charge in [-0.1, -0.05) is 44.2 Å². The second-order valence-corrected chi connectivity index (χ2v) is 5.21. The molecule has 100 valence electrons. The van der Waals surface area contributed by atoms with E-state index in [2.05, 4.69) is 49.7 Å². The molecule has 0 aliphatic heterocycles. The zero-order valence-corrected chi connectivity index (χ0v) is 11.6. The van der Waals surface area contributed by atoms with E-state index in [-0.39, 0.29) is 0 Å². The Morgan fingerprint density at radius 1 is 1.32 bits per heavy atom. The second kappa shape index (κ2) is 5.74. The maximum atomic E-state index is 6.09. The highest BCUT2D eigenvalue weighted by Crippen LogP contribution is 2.25. The van der Waals surface area contributed by atoms with Gasteiger partial charge in [0, 0.05) is 12.1 Å². The van der Waals surface area contributed by atoms with Crippen LogP contribution in [0.15, 0.2) is 43.2 Å². The van der Waals surface area contributed by atoms with Crippen LogP contribution in [0.5, 0.6) is 0 Å².